The molecular formula is C12H24N2O. The minimum Gasteiger partial charge on any atom is -0.344 e. The van der Waals surface area contributed by atoms with Crippen LogP contribution in [0.1, 0.15) is 46.0 Å². The highest BCUT2D eigenvalue weighted by Gasteiger charge is 2.31. The summed E-state index contributed by atoms with van der Waals surface area (Å²) in [6.07, 6.45) is 5.55. The van der Waals surface area contributed by atoms with Crippen molar-refractivity contribution in [2.24, 2.45) is 11.7 Å². The van der Waals surface area contributed by atoms with Gasteiger partial charge in [0.25, 0.3) is 0 Å². The summed E-state index contributed by atoms with van der Waals surface area (Å²) in [5.41, 5.74) is 5.33. The molecule has 1 aliphatic carbocycles. The Morgan fingerprint density at radius 3 is 2.60 bits per heavy atom. The number of nitrogens with two attached hydrogens (primary N) is 1. The molecule has 0 spiro atoms. The topological polar surface area (TPSA) is 46.3 Å². The van der Waals surface area contributed by atoms with E-state index in [1.54, 1.807) is 4.90 Å². The number of hydrogen-bond acceptors (Lipinski definition) is 2. The van der Waals surface area contributed by atoms with Crippen molar-refractivity contribution in [2.45, 2.75) is 51.5 Å². The van der Waals surface area contributed by atoms with E-state index in [2.05, 4.69) is 6.92 Å². The highest BCUT2D eigenvalue weighted by atomic mass is 16.2. The van der Waals surface area contributed by atoms with Gasteiger partial charge < -0.3 is 10.6 Å². The first-order chi connectivity index (χ1) is 6.97. The van der Waals surface area contributed by atoms with Crippen molar-refractivity contribution in [3.05, 3.63) is 0 Å². The Labute approximate surface area is 93.0 Å². The SMILES string of the molecule is CCCC(C)(N)C(=O)N(C)CCC1CC1. The second-order valence-electron chi connectivity index (χ2n) is 5.13. The van der Waals surface area contributed by atoms with E-state index in [1.807, 2.05) is 14.0 Å². The lowest BCUT2D eigenvalue weighted by Crippen LogP contribution is -2.52. The molecule has 1 aliphatic rings. The molecular weight excluding hydrogens is 188 g/mol. The molecule has 88 valence electrons. The van der Waals surface area contributed by atoms with E-state index in [0.717, 1.165) is 31.7 Å². The molecule has 0 saturated heterocycles. The predicted octanol–water partition coefficient (Wildman–Crippen LogP) is 1.76. The first-order valence-corrected chi connectivity index (χ1v) is 6.02. The van der Waals surface area contributed by atoms with E-state index in [9.17, 15) is 4.79 Å². The van der Waals surface area contributed by atoms with Crippen LogP contribution in [-0.2, 0) is 4.79 Å². The molecule has 2 N–H and O–H groups in total. The zero-order valence-corrected chi connectivity index (χ0v) is 10.3. The third-order valence-corrected chi connectivity index (χ3v) is 3.17. The van der Waals surface area contributed by atoms with Gasteiger partial charge in [-0.2, -0.15) is 0 Å². The van der Waals surface area contributed by atoms with Gasteiger partial charge in [0.2, 0.25) is 5.91 Å². The van der Waals surface area contributed by atoms with Crippen LogP contribution in [0.2, 0.25) is 0 Å². The molecule has 1 atom stereocenters. The molecule has 0 aromatic heterocycles. The average Bonchev–Trinajstić information content (AvgIpc) is 2.96. The predicted molar refractivity (Wildman–Crippen MR) is 62.5 cm³/mol. The van der Waals surface area contributed by atoms with Crippen LogP contribution in [0.25, 0.3) is 0 Å². The number of hydrogen-bond donors (Lipinski definition) is 1. The highest BCUT2D eigenvalue weighted by Crippen LogP contribution is 2.32. The molecule has 15 heavy (non-hydrogen) atoms. The Morgan fingerprint density at radius 2 is 2.13 bits per heavy atom. The van der Waals surface area contributed by atoms with Crippen molar-refractivity contribution in [3.63, 3.8) is 0 Å². The maximum Gasteiger partial charge on any atom is 0.242 e. The smallest absolute Gasteiger partial charge is 0.242 e. The highest BCUT2D eigenvalue weighted by molar-refractivity contribution is 5.85. The zero-order valence-electron chi connectivity index (χ0n) is 10.3. The summed E-state index contributed by atoms with van der Waals surface area (Å²) in [4.78, 5) is 13.8. The Hall–Kier alpha value is -0.570. The maximum absolute atomic E-state index is 12.0. The molecule has 1 fully saturated rings. The van der Waals surface area contributed by atoms with Gasteiger partial charge in [-0.05, 0) is 25.7 Å². The minimum absolute atomic E-state index is 0.0880. The summed E-state index contributed by atoms with van der Waals surface area (Å²) in [5, 5.41) is 0. The van der Waals surface area contributed by atoms with E-state index in [4.69, 9.17) is 5.73 Å². The van der Waals surface area contributed by atoms with Crippen molar-refractivity contribution < 1.29 is 4.79 Å². The first-order valence-electron chi connectivity index (χ1n) is 6.02. The summed E-state index contributed by atoms with van der Waals surface area (Å²) in [7, 11) is 1.87. The molecule has 0 aromatic carbocycles. The van der Waals surface area contributed by atoms with E-state index in [-0.39, 0.29) is 5.91 Å². The fourth-order valence-corrected chi connectivity index (χ4v) is 1.95. The standard InChI is InChI=1S/C12H24N2O/c1-4-8-12(2,13)11(15)14(3)9-7-10-5-6-10/h10H,4-9,13H2,1-3H3. The molecule has 1 unspecified atom stereocenters. The van der Waals surface area contributed by atoms with Crippen molar-refractivity contribution in [1.82, 2.24) is 4.90 Å². The lowest BCUT2D eigenvalue weighted by Gasteiger charge is -2.29. The van der Waals surface area contributed by atoms with Crippen LogP contribution in [-0.4, -0.2) is 29.9 Å². The van der Waals surface area contributed by atoms with Crippen molar-refractivity contribution in [1.29, 1.82) is 0 Å². The quantitative estimate of drug-likeness (QED) is 0.729. The van der Waals surface area contributed by atoms with E-state index in [0.29, 0.717) is 0 Å². The Balaban J connectivity index is 2.35. The zero-order chi connectivity index (χ0) is 11.5. The fraction of sp³-hybridized carbons (Fsp3) is 0.917. The molecule has 0 radical (unpaired) electrons. The van der Waals surface area contributed by atoms with Crippen LogP contribution in [0.15, 0.2) is 0 Å². The van der Waals surface area contributed by atoms with Gasteiger partial charge in [-0.1, -0.05) is 26.2 Å². The van der Waals surface area contributed by atoms with Crippen molar-refractivity contribution in [3.8, 4) is 0 Å². The number of likely N-dealkylation sites (N-methyl/N-ethyl adjacent to an activating group) is 1. The lowest BCUT2D eigenvalue weighted by molar-refractivity contribution is -0.135. The second-order valence-corrected chi connectivity index (χ2v) is 5.13. The molecule has 0 bridgehead atoms. The normalized spacial score (nSPS) is 19.7. The minimum atomic E-state index is -0.674. The summed E-state index contributed by atoms with van der Waals surface area (Å²) in [5.74, 6) is 0.959. The van der Waals surface area contributed by atoms with Crippen LogP contribution in [0, 0.1) is 5.92 Å². The third-order valence-electron chi connectivity index (χ3n) is 3.17. The van der Waals surface area contributed by atoms with Gasteiger partial charge in [0.1, 0.15) is 0 Å². The van der Waals surface area contributed by atoms with E-state index >= 15 is 0 Å². The molecule has 3 nitrogen and oxygen atoms in total. The summed E-state index contributed by atoms with van der Waals surface area (Å²) < 4.78 is 0. The number of nitrogens with zero attached hydrogens (tertiary/aromatic N) is 1. The monoisotopic (exact) mass is 212 g/mol. The molecule has 1 rings (SSSR count). The van der Waals surface area contributed by atoms with Crippen molar-refractivity contribution in [2.75, 3.05) is 13.6 Å². The van der Waals surface area contributed by atoms with Crippen LogP contribution >= 0.6 is 0 Å². The fourth-order valence-electron chi connectivity index (χ4n) is 1.95. The molecule has 0 aliphatic heterocycles. The molecule has 3 heteroatoms. The molecule has 1 saturated carbocycles. The largest absolute Gasteiger partial charge is 0.344 e. The van der Waals surface area contributed by atoms with Crippen LogP contribution < -0.4 is 5.73 Å². The van der Waals surface area contributed by atoms with Crippen LogP contribution in [0.3, 0.4) is 0 Å². The Kier molecular flexibility index (Phi) is 4.14. The number of carbonyl (C=O) groups excluding carboxylic acids is 1. The summed E-state index contributed by atoms with van der Waals surface area (Å²) in [6, 6.07) is 0. The van der Waals surface area contributed by atoms with Crippen LogP contribution in [0.5, 0.6) is 0 Å². The number of amides is 1. The Bertz CT molecular complexity index is 222. The molecule has 0 heterocycles. The first kappa shape index (κ1) is 12.5. The van der Waals surface area contributed by atoms with Crippen molar-refractivity contribution >= 4 is 5.91 Å². The maximum atomic E-state index is 12.0. The average molecular weight is 212 g/mol. The summed E-state index contributed by atoms with van der Waals surface area (Å²) in [6.45, 7) is 4.76. The lowest BCUT2D eigenvalue weighted by atomic mass is 9.96. The molecule has 1 amide bonds. The van der Waals surface area contributed by atoms with Gasteiger partial charge in [0, 0.05) is 13.6 Å². The van der Waals surface area contributed by atoms with Gasteiger partial charge in [-0.15, -0.1) is 0 Å². The third kappa shape index (κ3) is 3.82. The van der Waals surface area contributed by atoms with E-state index in [1.165, 1.54) is 12.8 Å². The number of rotatable bonds is 6. The van der Waals surface area contributed by atoms with Gasteiger partial charge >= 0.3 is 0 Å². The van der Waals surface area contributed by atoms with Gasteiger partial charge in [-0.3, -0.25) is 4.79 Å². The Morgan fingerprint density at radius 1 is 1.53 bits per heavy atom. The second kappa shape index (κ2) is 4.97. The van der Waals surface area contributed by atoms with Crippen LogP contribution in [0.4, 0.5) is 0 Å². The van der Waals surface area contributed by atoms with Gasteiger partial charge in [-0.25, -0.2) is 0 Å². The van der Waals surface area contributed by atoms with Gasteiger partial charge in [0.15, 0.2) is 0 Å². The molecule has 0 aromatic rings. The van der Waals surface area contributed by atoms with E-state index < -0.39 is 5.54 Å². The van der Waals surface area contributed by atoms with Gasteiger partial charge in [0.05, 0.1) is 5.54 Å². The number of carbonyl (C=O) groups is 1. The summed E-state index contributed by atoms with van der Waals surface area (Å²) >= 11 is 0.